The minimum Gasteiger partial charge on any atom is -0.356 e. The number of nitrogens with one attached hydrogen (secondary N) is 1. The van der Waals surface area contributed by atoms with Gasteiger partial charge in [0.2, 0.25) is 5.91 Å². The normalized spacial score (nSPS) is 17.0. The third kappa shape index (κ3) is 5.13. The standard InChI is InChI=1S/C21H27ClN4O2/c1-15(2)10-11-23-21(28)16-5-4-12-25(14-16)19-8-9-20(27)26(24-19)18-7-3-6-17(22)13-18/h3,6-9,13,15-16H,4-5,10-12,14H2,1-2H3,(H,23,28)/t16-/m0/s1. The van der Waals surface area contributed by atoms with Crippen molar-refractivity contribution in [3.05, 3.63) is 51.8 Å². The van der Waals surface area contributed by atoms with Crippen LogP contribution in [0.15, 0.2) is 41.2 Å². The van der Waals surface area contributed by atoms with Gasteiger partial charge in [-0.05, 0) is 49.4 Å². The summed E-state index contributed by atoms with van der Waals surface area (Å²) in [4.78, 5) is 26.9. The minimum absolute atomic E-state index is 0.0609. The van der Waals surface area contributed by atoms with E-state index < -0.39 is 0 Å². The van der Waals surface area contributed by atoms with E-state index in [2.05, 4.69) is 29.2 Å². The molecule has 1 amide bonds. The van der Waals surface area contributed by atoms with Gasteiger partial charge in [-0.1, -0.05) is 31.5 Å². The molecule has 1 fully saturated rings. The van der Waals surface area contributed by atoms with Crippen molar-refractivity contribution < 1.29 is 4.79 Å². The zero-order valence-electron chi connectivity index (χ0n) is 16.4. The molecule has 2 aromatic rings. The molecule has 0 aliphatic carbocycles. The van der Waals surface area contributed by atoms with Gasteiger partial charge >= 0.3 is 0 Å². The fourth-order valence-electron chi connectivity index (χ4n) is 3.39. The van der Waals surface area contributed by atoms with Crippen molar-refractivity contribution in [2.75, 3.05) is 24.5 Å². The van der Waals surface area contributed by atoms with E-state index in [1.165, 1.54) is 10.7 Å². The van der Waals surface area contributed by atoms with Crippen LogP contribution in [0.3, 0.4) is 0 Å². The highest BCUT2D eigenvalue weighted by Gasteiger charge is 2.26. The molecular formula is C21H27ClN4O2. The molecule has 1 aliphatic rings. The van der Waals surface area contributed by atoms with Crippen molar-refractivity contribution in [1.82, 2.24) is 15.1 Å². The molecule has 1 aliphatic heterocycles. The van der Waals surface area contributed by atoms with Crippen molar-refractivity contribution in [1.29, 1.82) is 0 Å². The van der Waals surface area contributed by atoms with Gasteiger partial charge in [0.25, 0.3) is 5.56 Å². The molecule has 0 bridgehead atoms. The molecule has 1 N–H and O–H groups in total. The van der Waals surface area contributed by atoms with E-state index in [0.29, 0.717) is 35.5 Å². The van der Waals surface area contributed by atoms with Crippen LogP contribution in [0.4, 0.5) is 5.82 Å². The lowest BCUT2D eigenvalue weighted by atomic mass is 9.97. The van der Waals surface area contributed by atoms with Crippen LogP contribution in [0.5, 0.6) is 0 Å². The Kier molecular flexibility index (Phi) is 6.73. The molecule has 0 radical (unpaired) electrons. The van der Waals surface area contributed by atoms with E-state index in [9.17, 15) is 9.59 Å². The summed E-state index contributed by atoms with van der Waals surface area (Å²) in [5.41, 5.74) is 0.408. The van der Waals surface area contributed by atoms with Crippen molar-refractivity contribution in [3.8, 4) is 5.69 Å². The molecule has 28 heavy (non-hydrogen) atoms. The molecule has 2 heterocycles. The molecule has 1 saturated heterocycles. The number of hydrogen-bond acceptors (Lipinski definition) is 4. The van der Waals surface area contributed by atoms with E-state index in [4.69, 9.17) is 11.6 Å². The Balaban J connectivity index is 1.73. The molecule has 0 saturated carbocycles. The Labute approximate surface area is 170 Å². The molecule has 7 heteroatoms. The second-order valence-corrected chi connectivity index (χ2v) is 8.12. The fourth-order valence-corrected chi connectivity index (χ4v) is 3.58. The first-order valence-corrected chi connectivity index (χ1v) is 10.2. The molecule has 0 spiro atoms. The number of aromatic nitrogens is 2. The highest BCUT2D eigenvalue weighted by molar-refractivity contribution is 6.30. The number of rotatable bonds is 6. The number of carbonyl (C=O) groups excluding carboxylic acids is 1. The van der Waals surface area contributed by atoms with Gasteiger partial charge in [0.1, 0.15) is 5.82 Å². The monoisotopic (exact) mass is 402 g/mol. The fraction of sp³-hybridized carbons (Fsp3) is 0.476. The zero-order valence-corrected chi connectivity index (χ0v) is 17.2. The number of amides is 1. The molecule has 1 aromatic carbocycles. The van der Waals surface area contributed by atoms with Gasteiger partial charge in [0, 0.05) is 30.7 Å². The average Bonchev–Trinajstić information content (AvgIpc) is 2.68. The van der Waals surface area contributed by atoms with Crippen molar-refractivity contribution in [2.24, 2.45) is 11.8 Å². The van der Waals surface area contributed by atoms with Gasteiger partial charge in [0.15, 0.2) is 0 Å². The molecule has 150 valence electrons. The van der Waals surface area contributed by atoms with Gasteiger partial charge in [-0.25, -0.2) is 0 Å². The van der Waals surface area contributed by atoms with Crippen LogP contribution in [-0.2, 0) is 4.79 Å². The van der Waals surface area contributed by atoms with E-state index >= 15 is 0 Å². The van der Waals surface area contributed by atoms with E-state index in [-0.39, 0.29) is 17.4 Å². The SMILES string of the molecule is CC(C)CCNC(=O)[C@H]1CCCN(c2ccc(=O)n(-c3cccc(Cl)c3)n2)C1. The molecular weight excluding hydrogens is 376 g/mol. The summed E-state index contributed by atoms with van der Waals surface area (Å²) in [6.07, 6.45) is 2.77. The number of carbonyl (C=O) groups is 1. The highest BCUT2D eigenvalue weighted by Crippen LogP contribution is 2.22. The maximum absolute atomic E-state index is 12.5. The second-order valence-electron chi connectivity index (χ2n) is 7.68. The summed E-state index contributed by atoms with van der Waals surface area (Å²) < 4.78 is 1.35. The maximum atomic E-state index is 12.5. The van der Waals surface area contributed by atoms with Gasteiger partial charge < -0.3 is 10.2 Å². The summed E-state index contributed by atoms with van der Waals surface area (Å²) in [6, 6.07) is 10.3. The molecule has 6 nitrogen and oxygen atoms in total. The highest BCUT2D eigenvalue weighted by atomic mass is 35.5. The van der Waals surface area contributed by atoms with Crippen LogP contribution in [0.2, 0.25) is 5.02 Å². The van der Waals surface area contributed by atoms with Crippen LogP contribution in [0.1, 0.15) is 33.1 Å². The predicted octanol–water partition coefficient (Wildman–Crippen LogP) is 3.26. The Morgan fingerprint density at radius 2 is 2.14 bits per heavy atom. The maximum Gasteiger partial charge on any atom is 0.271 e. The summed E-state index contributed by atoms with van der Waals surface area (Å²) >= 11 is 6.05. The quantitative estimate of drug-likeness (QED) is 0.805. The first-order chi connectivity index (χ1) is 13.4. The van der Waals surface area contributed by atoms with Crippen LogP contribution in [0.25, 0.3) is 5.69 Å². The van der Waals surface area contributed by atoms with Crippen molar-refractivity contribution in [3.63, 3.8) is 0 Å². The third-order valence-electron chi connectivity index (χ3n) is 4.98. The topological polar surface area (TPSA) is 67.2 Å². The largest absolute Gasteiger partial charge is 0.356 e. The Morgan fingerprint density at radius 1 is 1.32 bits per heavy atom. The first kappa shape index (κ1) is 20.4. The predicted molar refractivity (Wildman–Crippen MR) is 112 cm³/mol. The van der Waals surface area contributed by atoms with Gasteiger partial charge in [-0.15, -0.1) is 5.10 Å². The van der Waals surface area contributed by atoms with Crippen LogP contribution >= 0.6 is 11.6 Å². The summed E-state index contributed by atoms with van der Waals surface area (Å²) in [7, 11) is 0. The Bertz CT molecular complexity index is 881. The van der Waals surface area contributed by atoms with E-state index in [1.807, 2.05) is 0 Å². The van der Waals surface area contributed by atoms with Crippen LogP contribution in [-0.4, -0.2) is 35.3 Å². The number of halogens is 1. The smallest absolute Gasteiger partial charge is 0.271 e. The number of piperidine rings is 1. The lowest BCUT2D eigenvalue weighted by Crippen LogP contribution is -2.44. The second kappa shape index (κ2) is 9.24. The molecule has 0 unspecified atom stereocenters. The van der Waals surface area contributed by atoms with E-state index in [0.717, 1.165) is 25.8 Å². The Hall–Kier alpha value is -2.34. The van der Waals surface area contributed by atoms with Crippen molar-refractivity contribution >= 4 is 23.3 Å². The van der Waals surface area contributed by atoms with Gasteiger partial charge in [-0.3, -0.25) is 9.59 Å². The number of benzene rings is 1. The lowest BCUT2D eigenvalue weighted by Gasteiger charge is -2.33. The van der Waals surface area contributed by atoms with Gasteiger partial charge in [-0.2, -0.15) is 4.68 Å². The lowest BCUT2D eigenvalue weighted by molar-refractivity contribution is -0.125. The number of hydrogen-bond donors (Lipinski definition) is 1. The van der Waals surface area contributed by atoms with Crippen LogP contribution in [0, 0.1) is 11.8 Å². The average molecular weight is 403 g/mol. The van der Waals surface area contributed by atoms with Crippen molar-refractivity contribution in [2.45, 2.75) is 33.1 Å². The third-order valence-corrected chi connectivity index (χ3v) is 5.21. The summed E-state index contributed by atoms with van der Waals surface area (Å²) in [5, 5.41) is 8.13. The summed E-state index contributed by atoms with van der Waals surface area (Å²) in [5.74, 6) is 1.31. The molecule has 1 aromatic heterocycles. The minimum atomic E-state index is -0.217. The van der Waals surface area contributed by atoms with E-state index in [1.54, 1.807) is 30.3 Å². The number of anilines is 1. The zero-order chi connectivity index (χ0) is 20.1. The van der Waals surface area contributed by atoms with Gasteiger partial charge in [0.05, 0.1) is 11.6 Å². The summed E-state index contributed by atoms with van der Waals surface area (Å²) in [6.45, 7) is 6.43. The van der Waals surface area contributed by atoms with Crippen LogP contribution < -0.4 is 15.8 Å². The number of nitrogens with zero attached hydrogens (tertiary/aromatic N) is 3. The molecule has 3 rings (SSSR count). The Morgan fingerprint density at radius 3 is 2.89 bits per heavy atom. The first-order valence-electron chi connectivity index (χ1n) is 9.83. The molecule has 1 atom stereocenters.